The lowest BCUT2D eigenvalue weighted by molar-refractivity contribution is -0.119. The minimum atomic E-state index is -0.897. The van der Waals surface area contributed by atoms with Gasteiger partial charge in [-0.05, 0) is 131 Å². The van der Waals surface area contributed by atoms with E-state index in [1.807, 2.05) is 24.3 Å². The van der Waals surface area contributed by atoms with Gasteiger partial charge >= 0.3 is 6.09 Å². The molecule has 0 heterocycles. The number of carbonyl (C=O) groups is 2. The van der Waals surface area contributed by atoms with Crippen LogP contribution in [0, 0.1) is 17.8 Å². The second kappa shape index (κ2) is 8.65. The molecule has 0 saturated heterocycles. The van der Waals surface area contributed by atoms with Crippen molar-refractivity contribution in [2.45, 2.75) is 82.3 Å². The number of anilines is 3. The van der Waals surface area contributed by atoms with Crippen molar-refractivity contribution in [3.8, 4) is 0 Å². The highest BCUT2D eigenvalue weighted by molar-refractivity contribution is 6.33. The molecule has 7 rings (SSSR count). The van der Waals surface area contributed by atoms with Gasteiger partial charge < -0.3 is 20.7 Å². The van der Waals surface area contributed by atoms with E-state index < -0.39 is 17.2 Å². The maximum absolute atomic E-state index is 12.8. The highest BCUT2D eigenvalue weighted by atomic mass is 35.5. The summed E-state index contributed by atoms with van der Waals surface area (Å²) in [7, 11) is 0. The zero-order chi connectivity index (χ0) is 26.0. The first-order valence-corrected chi connectivity index (χ1v) is 13.9. The van der Waals surface area contributed by atoms with Crippen molar-refractivity contribution in [3.63, 3.8) is 0 Å². The number of carbonyl (C=O) groups excluding carboxylic acids is 2. The van der Waals surface area contributed by atoms with Gasteiger partial charge in [0.2, 0.25) is 5.91 Å². The molecule has 0 aromatic heterocycles. The van der Waals surface area contributed by atoms with Crippen LogP contribution in [0.2, 0.25) is 5.02 Å². The third-order valence-electron chi connectivity index (χ3n) is 8.88. The van der Waals surface area contributed by atoms with Crippen LogP contribution in [-0.2, 0) is 14.9 Å². The predicted molar refractivity (Wildman–Crippen MR) is 146 cm³/mol. The minimum absolute atomic E-state index is 0.230. The summed E-state index contributed by atoms with van der Waals surface area (Å²) in [6.45, 7) is 5.39. The molecule has 7 heteroatoms. The van der Waals surface area contributed by atoms with Gasteiger partial charge in [-0.3, -0.25) is 4.79 Å². The zero-order valence-electron chi connectivity index (χ0n) is 21.8. The smallest absolute Gasteiger partial charge is 0.408 e. The Morgan fingerprint density at radius 3 is 2.19 bits per heavy atom. The van der Waals surface area contributed by atoms with Gasteiger partial charge in [-0.2, -0.15) is 0 Å². The molecule has 2 aromatic rings. The third-order valence-corrected chi connectivity index (χ3v) is 9.19. The molecule has 0 radical (unpaired) electrons. The summed E-state index contributed by atoms with van der Waals surface area (Å²) in [5.74, 6) is 2.43. The van der Waals surface area contributed by atoms with Crippen LogP contribution in [0.25, 0.3) is 0 Å². The van der Waals surface area contributed by atoms with E-state index in [-0.39, 0.29) is 5.91 Å². The summed E-state index contributed by atoms with van der Waals surface area (Å²) in [5.41, 5.74) is 2.71. The number of benzene rings is 2. The Labute approximate surface area is 223 Å². The van der Waals surface area contributed by atoms with Gasteiger partial charge in [0, 0.05) is 11.4 Å². The molecule has 5 fully saturated rings. The van der Waals surface area contributed by atoms with Crippen molar-refractivity contribution in [2.24, 2.45) is 17.8 Å². The number of hydrogen-bond acceptors (Lipinski definition) is 4. The van der Waals surface area contributed by atoms with Crippen molar-refractivity contribution >= 4 is 40.7 Å². The van der Waals surface area contributed by atoms with Crippen molar-refractivity contribution in [1.29, 1.82) is 0 Å². The van der Waals surface area contributed by atoms with Crippen molar-refractivity contribution in [2.75, 3.05) is 10.6 Å². The molecule has 37 heavy (non-hydrogen) atoms. The number of nitrogens with one attached hydrogen (secondary N) is 3. The van der Waals surface area contributed by atoms with Gasteiger partial charge in [0.05, 0.1) is 10.7 Å². The molecular weight excluding hydrogens is 486 g/mol. The topological polar surface area (TPSA) is 79.5 Å². The zero-order valence-corrected chi connectivity index (χ0v) is 22.6. The van der Waals surface area contributed by atoms with E-state index in [4.69, 9.17) is 16.3 Å². The average Bonchev–Trinajstić information content (AvgIpc) is 3.49. The van der Waals surface area contributed by atoms with E-state index in [2.05, 4.69) is 34.1 Å². The predicted octanol–water partition coefficient (Wildman–Crippen LogP) is 7.16. The second-order valence-electron chi connectivity index (χ2n) is 12.8. The van der Waals surface area contributed by atoms with Crippen LogP contribution in [0.5, 0.6) is 0 Å². The molecule has 3 N–H and O–H groups in total. The monoisotopic (exact) mass is 521 g/mol. The van der Waals surface area contributed by atoms with E-state index in [0.717, 1.165) is 34.2 Å². The summed E-state index contributed by atoms with van der Waals surface area (Å²) in [5, 5.41) is 9.82. The van der Waals surface area contributed by atoms with Gasteiger partial charge in [0.15, 0.2) is 0 Å². The first-order chi connectivity index (χ1) is 17.5. The number of rotatable bonds is 6. The summed E-state index contributed by atoms with van der Waals surface area (Å²) >= 11 is 6.77. The van der Waals surface area contributed by atoms with E-state index >= 15 is 0 Å². The van der Waals surface area contributed by atoms with Crippen molar-refractivity contribution < 1.29 is 14.3 Å². The lowest BCUT2D eigenvalue weighted by Crippen LogP contribution is -2.47. The molecule has 4 bridgehead atoms. The Kier molecular flexibility index (Phi) is 5.75. The minimum Gasteiger partial charge on any atom is -0.444 e. The van der Waals surface area contributed by atoms with Crippen LogP contribution in [-0.4, -0.2) is 23.1 Å². The highest BCUT2D eigenvalue weighted by Gasteiger charge is 2.58. The van der Waals surface area contributed by atoms with Crippen molar-refractivity contribution in [1.82, 2.24) is 5.32 Å². The fraction of sp³-hybridized carbons (Fsp3) is 0.533. The first-order valence-electron chi connectivity index (χ1n) is 13.5. The van der Waals surface area contributed by atoms with E-state index in [1.54, 1.807) is 20.8 Å². The number of alkyl carbamates (subject to hydrolysis) is 1. The van der Waals surface area contributed by atoms with E-state index in [0.29, 0.717) is 23.9 Å². The number of amides is 2. The molecule has 2 aromatic carbocycles. The van der Waals surface area contributed by atoms with Crippen LogP contribution in [0.15, 0.2) is 42.5 Å². The highest BCUT2D eigenvalue weighted by Crippen LogP contribution is 2.66. The van der Waals surface area contributed by atoms with Crippen LogP contribution in [0.3, 0.4) is 0 Å². The normalized spacial score (nSPS) is 28.6. The lowest BCUT2D eigenvalue weighted by atomic mass is 9.71. The average molecular weight is 522 g/mol. The summed E-state index contributed by atoms with van der Waals surface area (Å²) < 4.78 is 5.31. The Morgan fingerprint density at radius 2 is 1.59 bits per heavy atom. The van der Waals surface area contributed by atoms with Gasteiger partial charge in [0.1, 0.15) is 11.1 Å². The lowest BCUT2D eigenvalue weighted by Gasteiger charge is -2.34. The van der Waals surface area contributed by atoms with Crippen LogP contribution in [0.4, 0.5) is 21.9 Å². The van der Waals surface area contributed by atoms with Gasteiger partial charge in [0.25, 0.3) is 0 Å². The molecule has 2 atom stereocenters. The fourth-order valence-electron chi connectivity index (χ4n) is 7.27. The molecule has 0 spiro atoms. The number of ether oxygens (including phenoxy) is 1. The molecule has 6 nitrogen and oxygen atoms in total. The quantitative estimate of drug-likeness (QED) is 0.377. The van der Waals surface area contributed by atoms with Crippen molar-refractivity contribution in [3.05, 3.63) is 53.1 Å². The molecule has 2 amide bonds. The summed E-state index contributed by atoms with van der Waals surface area (Å²) in [6, 6.07) is 14.1. The molecule has 5 aliphatic carbocycles. The number of hydrogen-bond donors (Lipinski definition) is 3. The maximum atomic E-state index is 12.8. The van der Waals surface area contributed by atoms with Gasteiger partial charge in [-0.1, -0.05) is 17.7 Å². The van der Waals surface area contributed by atoms with E-state index in [1.165, 1.54) is 37.7 Å². The van der Waals surface area contributed by atoms with E-state index in [9.17, 15) is 9.59 Å². The summed E-state index contributed by atoms with van der Waals surface area (Å²) in [6.07, 6.45) is 7.51. The first kappa shape index (κ1) is 24.6. The maximum Gasteiger partial charge on any atom is 0.408 e. The van der Waals surface area contributed by atoms with Gasteiger partial charge in [-0.15, -0.1) is 0 Å². The van der Waals surface area contributed by atoms with Crippen LogP contribution >= 0.6 is 11.6 Å². The Balaban J connectivity index is 1.08. The number of halogens is 1. The molecular formula is C30H36ClN3O3. The molecule has 5 saturated carbocycles. The Morgan fingerprint density at radius 1 is 0.946 bits per heavy atom. The molecule has 196 valence electrons. The van der Waals surface area contributed by atoms with Gasteiger partial charge in [-0.25, -0.2) is 4.79 Å². The summed E-state index contributed by atoms with van der Waals surface area (Å²) in [4.78, 5) is 25.0. The molecule has 0 aliphatic heterocycles. The SMILES string of the molecule is CC(C)(C)OC(=O)NC1(C(=O)Nc2ccc(Nc3ccc(C45CC6CC(CC4C6)C5)cc3Cl)cc2)CC1. The molecule has 5 aliphatic rings. The Hall–Kier alpha value is -2.73. The third kappa shape index (κ3) is 4.69. The van der Waals surface area contributed by atoms with Crippen LogP contribution < -0.4 is 16.0 Å². The van der Waals surface area contributed by atoms with Crippen LogP contribution in [0.1, 0.15) is 71.3 Å². The fourth-order valence-corrected chi connectivity index (χ4v) is 7.50. The molecule has 2 unspecified atom stereocenters. The second-order valence-corrected chi connectivity index (χ2v) is 13.2. The Bertz CT molecular complexity index is 1220. The standard InChI is InChI=1S/C30H36ClN3O3/c1-28(2,3)37-27(36)34-30(10-11-30)26(35)33-23-7-5-22(6-8-23)32-25-9-4-20(15-24(25)31)29-16-18-12-19(17-29)14-21(29)13-18/h4-9,15,18-19,21,32H,10-14,16-17H2,1-3H3,(H,33,35)(H,34,36). The largest absolute Gasteiger partial charge is 0.444 e.